The summed E-state index contributed by atoms with van der Waals surface area (Å²) in [5.74, 6) is 0.287. The van der Waals surface area contributed by atoms with Crippen molar-refractivity contribution >= 4 is 5.91 Å². The van der Waals surface area contributed by atoms with Crippen LogP contribution in [0.2, 0.25) is 0 Å². The number of nitrogens with one attached hydrogen (secondary N) is 1. The minimum atomic E-state index is 0.287. The molecular weight excluding hydrogens is 190 g/mol. The molecular formula is C11H21N3O. The first kappa shape index (κ1) is 10.9. The first-order valence-electron chi connectivity index (χ1n) is 6.04. The van der Waals surface area contributed by atoms with E-state index in [4.69, 9.17) is 0 Å². The Morgan fingerprint density at radius 2 is 2.33 bits per heavy atom. The van der Waals surface area contributed by atoms with Crippen molar-refractivity contribution in [2.24, 2.45) is 0 Å². The number of carbonyl (C=O) groups is 1. The Kier molecular flexibility index (Phi) is 3.59. The summed E-state index contributed by atoms with van der Waals surface area (Å²) in [6.45, 7) is 7.97. The van der Waals surface area contributed by atoms with E-state index >= 15 is 0 Å². The van der Waals surface area contributed by atoms with E-state index in [0.29, 0.717) is 12.6 Å². The Hall–Kier alpha value is -0.610. The lowest BCUT2D eigenvalue weighted by Crippen LogP contribution is -2.43. The van der Waals surface area contributed by atoms with Gasteiger partial charge < -0.3 is 15.1 Å². The number of likely N-dealkylation sites (tertiary alicyclic amines) is 1. The van der Waals surface area contributed by atoms with Crippen LogP contribution in [0.1, 0.15) is 19.8 Å². The molecule has 1 N–H and O–H groups in total. The zero-order valence-electron chi connectivity index (χ0n) is 9.54. The quantitative estimate of drug-likeness (QED) is 0.693. The topological polar surface area (TPSA) is 35.6 Å². The van der Waals surface area contributed by atoms with Crippen LogP contribution in [0.25, 0.3) is 0 Å². The van der Waals surface area contributed by atoms with Crippen LogP contribution in [-0.2, 0) is 4.79 Å². The molecule has 1 unspecified atom stereocenters. The lowest BCUT2D eigenvalue weighted by Gasteiger charge is -2.27. The minimum absolute atomic E-state index is 0.287. The molecule has 86 valence electrons. The molecule has 0 aromatic carbocycles. The fourth-order valence-electron chi connectivity index (χ4n) is 2.54. The maximum absolute atomic E-state index is 11.8. The van der Waals surface area contributed by atoms with E-state index in [0.717, 1.165) is 45.6 Å². The van der Waals surface area contributed by atoms with Crippen LogP contribution in [0, 0.1) is 0 Å². The van der Waals surface area contributed by atoms with Crippen molar-refractivity contribution in [2.75, 3.05) is 39.3 Å². The highest BCUT2D eigenvalue weighted by Crippen LogP contribution is 2.16. The van der Waals surface area contributed by atoms with E-state index in [-0.39, 0.29) is 5.91 Å². The van der Waals surface area contributed by atoms with Crippen LogP contribution in [0.5, 0.6) is 0 Å². The Morgan fingerprint density at radius 3 is 3.07 bits per heavy atom. The van der Waals surface area contributed by atoms with Gasteiger partial charge in [-0.1, -0.05) is 6.92 Å². The lowest BCUT2D eigenvalue weighted by molar-refractivity contribution is -0.131. The molecule has 0 aromatic heterocycles. The van der Waals surface area contributed by atoms with Gasteiger partial charge in [-0.3, -0.25) is 4.79 Å². The van der Waals surface area contributed by atoms with Gasteiger partial charge >= 0.3 is 0 Å². The predicted octanol–water partition coefficient (Wildman–Crippen LogP) is -0.0975. The Bertz CT molecular complexity index is 232. The average Bonchev–Trinajstić information content (AvgIpc) is 2.62. The molecule has 0 bridgehead atoms. The van der Waals surface area contributed by atoms with Crippen molar-refractivity contribution in [3.63, 3.8) is 0 Å². The van der Waals surface area contributed by atoms with Gasteiger partial charge in [-0.2, -0.15) is 0 Å². The van der Waals surface area contributed by atoms with Crippen molar-refractivity contribution in [1.29, 1.82) is 0 Å². The summed E-state index contributed by atoms with van der Waals surface area (Å²) in [6.07, 6.45) is 2.24. The maximum atomic E-state index is 11.8. The van der Waals surface area contributed by atoms with Crippen LogP contribution in [0.15, 0.2) is 0 Å². The van der Waals surface area contributed by atoms with Gasteiger partial charge in [-0.15, -0.1) is 0 Å². The number of nitrogens with zero attached hydrogens (tertiary/aromatic N) is 2. The van der Waals surface area contributed by atoms with Crippen molar-refractivity contribution in [2.45, 2.75) is 25.8 Å². The van der Waals surface area contributed by atoms with Gasteiger partial charge in [0, 0.05) is 25.7 Å². The van der Waals surface area contributed by atoms with Crippen LogP contribution >= 0.6 is 0 Å². The van der Waals surface area contributed by atoms with Crippen LogP contribution in [-0.4, -0.2) is 61.0 Å². The highest BCUT2D eigenvalue weighted by molar-refractivity contribution is 5.78. The van der Waals surface area contributed by atoms with Crippen LogP contribution < -0.4 is 5.32 Å². The van der Waals surface area contributed by atoms with E-state index in [2.05, 4.69) is 22.0 Å². The highest BCUT2D eigenvalue weighted by atomic mass is 16.2. The molecule has 0 radical (unpaired) electrons. The zero-order chi connectivity index (χ0) is 10.7. The molecule has 0 aliphatic carbocycles. The third kappa shape index (κ3) is 2.49. The summed E-state index contributed by atoms with van der Waals surface area (Å²) >= 11 is 0. The van der Waals surface area contributed by atoms with Gasteiger partial charge in [-0.05, 0) is 25.9 Å². The molecule has 2 rings (SSSR count). The van der Waals surface area contributed by atoms with Crippen molar-refractivity contribution in [1.82, 2.24) is 15.1 Å². The summed E-state index contributed by atoms with van der Waals surface area (Å²) in [5.41, 5.74) is 0. The summed E-state index contributed by atoms with van der Waals surface area (Å²) in [6, 6.07) is 0.470. The Morgan fingerprint density at radius 1 is 1.47 bits per heavy atom. The number of hydrogen-bond donors (Lipinski definition) is 1. The fourth-order valence-corrected chi connectivity index (χ4v) is 2.54. The van der Waals surface area contributed by atoms with Gasteiger partial charge in [0.2, 0.25) is 5.91 Å². The van der Waals surface area contributed by atoms with Crippen molar-refractivity contribution in [3.05, 3.63) is 0 Å². The molecule has 0 saturated carbocycles. The molecule has 0 spiro atoms. The van der Waals surface area contributed by atoms with Gasteiger partial charge in [0.1, 0.15) is 0 Å². The molecule has 2 aliphatic rings. The molecule has 1 amide bonds. The molecule has 2 fully saturated rings. The molecule has 1 atom stereocenters. The normalized spacial score (nSPS) is 29.5. The summed E-state index contributed by atoms with van der Waals surface area (Å²) < 4.78 is 0. The Labute approximate surface area is 91.6 Å². The first-order chi connectivity index (χ1) is 7.31. The number of hydrogen-bond acceptors (Lipinski definition) is 3. The summed E-state index contributed by atoms with van der Waals surface area (Å²) in [5, 5.41) is 3.17. The lowest BCUT2D eigenvalue weighted by atomic mass is 10.2. The molecule has 0 aromatic rings. The van der Waals surface area contributed by atoms with E-state index in [1.807, 2.05) is 0 Å². The molecule has 2 heterocycles. The van der Waals surface area contributed by atoms with E-state index < -0.39 is 0 Å². The molecule has 4 heteroatoms. The van der Waals surface area contributed by atoms with E-state index in [1.165, 1.54) is 0 Å². The highest BCUT2D eigenvalue weighted by Gasteiger charge is 2.30. The fraction of sp³-hybridized carbons (Fsp3) is 0.909. The Balaban J connectivity index is 1.93. The first-order valence-corrected chi connectivity index (χ1v) is 6.04. The molecule has 4 nitrogen and oxygen atoms in total. The molecule has 2 aliphatic heterocycles. The third-order valence-corrected chi connectivity index (χ3v) is 3.48. The largest absolute Gasteiger partial charge is 0.337 e. The zero-order valence-corrected chi connectivity index (χ0v) is 9.54. The van der Waals surface area contributed by atoms with Crippen LogP contribution in [0.3, 0.4) is 0 Å². The summed E-state index contributed by atoms with van der Waals surface area (Å²) in [4.78, 5) is 16.4. The second-order valence-corrected chi connectivity index (χ2v) is 4.45. The summed E-state index contributed by atoms with van der Waals surface area (Å²) in [7, 11) is 0. The minimum Gasteiger partial charge on any atom is -0.337 e. The number of amides is 1. The van der Waals surface area contributed by atoms with E-state index in [1.54, 1.807) is 0 Å². The second-order valence-electron chi connectivity index (χ2n) is 4.45. The van der Waals surface area contributed by atoms with Gasteiger partial charge in [-0.25, -0.2) is 0 Å². The standard InChI is InChI=1S/C11H21N3O/c1-2-13-7-4-10(9-13)14-6-3-5-12-8-11(14)15/h10,12H,2-9H2,1H3. The third-order valence-electron chi connectivity index (χ3n) is 3.48. The number of rotatable bonds is 2. The van der Waals surface area contributed by atoms with Crippen molar-refractivity contribution in [3.8, 4) is 0 Å². The van der Waals surface area contributed by atoms with Gasteiger partial charge in [0.15, 0.2) is 0 Å². The smallest absolute Gasteiger partial charge is 0.236 e. The molecule has 15 heavy (non-hydrogen) atoms. The SMILES string of the molecule is CCN1CCC(N2CCCNCC2=O)C1. The predicted molar refractivity (Wildman–Crippen MR) is 59.7 cm³/mol. The van der Waals surface area contributed by atoms with Crippen molar-refractivity contribution < 1.29 is 4.79 Å². The maximum Gasteiger partial charge on any atom is 0.236 e. The van der Waals surface area contributed by atoms with Crippen LogP contribution in [0.4, 0.5) is 0 Å². The number of carbonyl (C=O) groups excluding carboxylic acids is 1. The number of likely N-dealkylation sites (N-methyl/N-ethyl adjacent to an activating group) is 1. The molecule has 2 saturated heterocycles. The monoisotopic (exact) mass is 211 g/mol. The average molecular weight is 211 g/mol. The van der Waals surface area contributed by atoms with Gasteiger partial charge in [0.25, 0.3) is 0 Å². The van der Waals surface area contributed by atoms with E-state index in [9.17, 15) is 4.79 Å². The second kappa shape index (κ2) is 4.94. The van der Waals surface area contributed by atoms with Gasteiger partial charge in [0.05, 0.1) is 6.54 Å².